The normalized spacial score (nSPS) is 39.9. The van der Waals surface area contributed by atoms with E-state index in [1.54, 1.807) is 25.7 Å². The Balaban J connectivity index is 1.48. The van der Waals surface area contributed by atoms with E-state index in [1.807, 2.05) is 0 Å². The van der Waals surface area contributed by atoms with E-state index < -0.39 is 0 Å². The van der Waals surface area contributed by atoms with Gasteiger partial charge in [0, 0.05) is 6.04 Å². The smallest absolute Gasteiger partial charge is 0.00694 e. The van der Waals surface area contributed by atoms with Crippen LogP contribution < -0.4 is 5.32 Å². The highest BCUT2D eigenvalue weighted by atomic mass is 14.9. The SMILES string of the molecule is CNC(CC1CCC1)CC1CC2CCC1C2. The molecule has 0 aromatic carbocycles. The van der Waals surface area contributed by atoms with Crippen LogP contribution in [-0.4, -0.2) is 13.1 Å². The molecule has 3 rings (SSSR count). The molecule has 0 radical (unpaired) electrons. The summed E-state index contributed by atoms with van der Waals surface area (Å²) in [6, 6.07) is 0.828. The van der Waals surface area contributed by atoms with E-state index in [0.717, 1.165) is 29.7 Å². The zero-order valence-electron chi connectivity index (χ0n) is 10.8. The summed E-state index contributed by atoms with van der Waals surface area (Å²) in [7, 11) is 2.18. The third-order valence-corrected chi connectivity index (χ3v) is 5.72. The van der Waals surface area contributed by atoms with Crippen molar-refractivity contribution in [2.45, 2.75) is 63.8 Å². The first-order valence-corrected chi connectivity index (χ1v) is 7.52. The van der Waals surface area contributed by atoms with Gasteiger partial charge in [-0.15, -0.1) is 0 Å². The van der Waals surface area contributed by atoms with Gasteiger partial charge in [-0.25, -0.2) is 0 Å². The molecule has 3 aliphatic carbocycles. The summed E-state index contributed by atoms with van der Waals surface area (Å²) in [6.07, 6.45) is 13.7. The largest absolute Gasteiger partial charge is 0.317 e. The summed E-state index contributed by atoms with van der Waals surface area (Å²) in [5.74, 6) is 4.38. The molecule has 0 aromatic heterocycles. The number of fused-ring (bicyclic) bond motifs is 2. The number of nitrogens with one attached hydrogen (secondary N) is 1. The van der Waals surface area contributed by atoms with Gasteiger partial charge in [0.25, 0.3) is 0 Å². The summed E-state index contributed by atoms with van der Waals surface area (Å²) in [5.41, 5.74) is 0. The molecule has 3 aliphatic rings. The van der Waals surface area contributed by atoms with Crippen molar-refractivity contribution in [1.29, 1.82) is 0 Å². The molecule has 0 saturated heterocycles. The van der Waals surface area contributed by atoms with Gasteiger partial charge in [0.2, 0.25) is 0 Å². The molecule has 4 unspecified atom stereocenters. The van der Waals surface area contributed by atoms with Crippen molar-refractivity contribution < 1.29 is 0 Å². The fourth-order valence-electron chi connectivity index (χ4n) is 4.49. The molecular weight excluding hydrogens is 194 g/mol. The van der Waals surface area contributed by atoms with Crippen molar-refractivity contribution in [3.63, 3.8) is 0 Å². The fourth-order valence-corrected chi connectivity index (χ4v) is 4.49. The molecule has 1 nitrogen and oxygen atoms in total. The molecule has 0 amide bonds. The van der Waals surface area contributed by atoms with Crippen molar-refractivity contribution in [3.8, 4) is 0 Å². The number of hydrogen-bond acceptors (Lipinski definition) is 1. The highest BCUT2D eigenvalue weighted by molar-refractivity contribution is 4.92. The van der Waals surface area contributed by atoms with Gasteiger partial charge in [0.15, 0.2) is 0 Å². The van der Waals surface area contributed by atoms with Gasteiger partial charge in [-0.05, 0) is 62.8 Å². The van der Waals surface area contributed by atoms with Gasteiger partial charge in [-0.1, -0.05) is 25.7 Å². The van der Waals surface area contributed by atoms with E-state index in [1.165, 1.54) is 32.1 Å². The second-order valence-electron chi connectivity index (χ2n) is 6.69. The average molecular weight is 221 g/mol. The predicted molar refractivity (Wildman–Crippen MR) is 68.4 cm³/mol. The Kier molecular flexibility index (Phi) is 3.24. The van der Waals surface area contributed by atoms with Gasteiger partial charge in [0.1, 0.15) is 0 Å². The molecule has 0 spiro atoms. The van der Waals surface area contributed by atoms with E-state index in [2.05, 4.69) is 12.4 Å². The quantitative estimate of drug-likeness (QED) is 0.748. The van der Waals surface area contributed by atoms with Crippen molar-refractivity contribution >= 4 is 0 Å². The lowest BCUT2D eigenvalue weighted by molar-refractivity contribution is 0.221. The molecule has 2 bridgehead atoms. The Morgan fingerprint density at radius 1 is 1.06 bits per heavy atom. The monoisotopic (exact) mass is 221 g/mol. The zero-order chi connectivity index (χ0) is 11.0. The lowest BCUT2D eigenvalue weighted by atomic mass is 9.77. The molecule has 1 N–H and O–H groups in total. The van der Waals surface area contributed by atoms with Crippen LogP contribution >= 0.6 is 0 Å². The van der Waals surface area contributed by atoms with Crippen LogP contribution in [0.5, 0.6) is 0 Å². The highest BCUT2D eigenvalue weighted by Gasteiger charge is 2.40. The first-order valence-electron chi connectivity index (χ1n) is 7.52. The minimum Gasteiger partial charge on any atom is -0.317 e. The van der Waals surface area contributed by atoms with E-state index in [9.17, 15) is 0 Å². The number of hydrogen-bond donors (Lipinski definition) is 1. The molecule has 4 atom stereocenters. The second kappa shape index (κ2) is 4.68. The Labute approximate surface area is 100 Å². The maximum atomic E-state index is 3.59. The average Bonchev–Trinajstić information content (AvgIpc) is 2.82. The van der Waals surface area contributed by atoms with E-state index in [-0.39, 0.29) is 0 Å². The van der Waals surface area contributed by atoms with Crippen LogP contribution in [0.1, 0.15) is 57.8 Å². The second-order valence-corrected chi connectivity index (χ2v) is 6.69. The standard InChI is InChI=1S/C15H27N/c1-16-15(9-11-3-2-4-11)10-14-8-12-5-6-13(14)7-12/h11-16H,2-10H2,1H3. The third-order valence-electron chi connectivity index (χ3n) is 5.72. The van der Waals surface area contributed by atoms with E-state index >= 15 is 0 Å². The Morgan fingerprint density at radius 3 is 2.44 bits per heavy atom. The van der Waals surface area contributed by atoms with Gasteiger partial charge < -0.3 is 5.32 Å². The maximum absolute atomic E-state index is 3.59. The van der Waals surface area contributed by atoms with Crippen LogP contribution in [0.4, 0.5) is 0 Å². The Bertz CT molecular complexity index is 234. The van der Waals surface area contributed by atoms with Crippen LogP contribution in [0, 0.1) is 23.7 Å². The molecule has 0 heterocycles. The van der Waals surface area contributed by atoms with Crippen LogP contribution in [0.25, 0.3) is 0 Å². The summed E-state index contributed by atoms with van der Waals surface area (Å²) in [4.78, 5) is 0. The van der Waals surface area contributed by atoms with E-state index in [4.69, 9.17) is 0 Å². The van der Waals surface area contributed by atoms with Crippen molar-refractivity contribution in [1.82, 2.24) is 5.32 Å². The van der Waals surface area contributed by atoms with Gasteiger partial charge in [-0.3, -0.25) is 0 Å². The highest BCUT2D eigenvalue weighted by Crippen LogP contribution is 2.50. The topological polar surface area (TPSA) is 12.0 Å². The lowest BCUT2D eigenvalue weighted by Gasteiger charge is -2.32. The van der Waals surface area contributed by atoms with Gasteiger partial charge in [0.05, 0.1) is 0 Å². The Hall–Kier alpha value is -0.0400. The predicted octanol–water partition coefficient (Wildman–Crippen LogP) is 3.59. The molecule has 3 saturated carbocycles. The minimum absolute atomic E-state index is 0.828. The molecule has 16 heavy (non-hydrogen) atoms. The Morgan fingerprint density at radius 2 is 1.94 bits per heavy atom. The van der Waals surface area contributed by atoms with Crippen LogP contribution in [-0.2, 0) is 0 Å². The van der Waals surface area contributed by atoms with Crippen LogP contribution in [0.3, 0.4) is 0 Å². The van der Waals surface area contributed by atoms with Crippen LogP contribution in [0.15, 0.2) is 0 Å². The fraction of sp³-hybridized carbons (Fsp3) is 1.00. The summed E-state index contributed by atoms with van der Waals surface area (Å²) in [5, 5.41) is 3.59. The molecule has 3 fully saturated rings. The van der Waals surface area contributed by atoms with Gasteiger partial charge >= 0.3 is 0 Å². The molecule has 1 heteroatoms. The first kappa shape index (κ1) is 11.1. The molecule has 92 valence electrons. The number of rotatable bonds is 5. The minimum atomic E-state index is 0.828. The van der Waals surface area contributed by atoms with Crippen LogP contribution in [0.2, 0.25) is 0 Å². The first-order chi connectivity index (χ1) is 7.85. The summed E-state index contributed by atoms with van der Waals surface area (Å²) >= 11 is 0. The molecule has 0 aromatic rings. The summed E-state index contributed by atoms with van der Waals surface area (Å²) < 4.78 is 0. The van der Waals surface area contributed by atoms with Crippen molar-refractivity contribution in [2.75, 3.05) is 7.05 Å². The van der Waals surface area contributed by atoms with E-state index in [0.29, 0.717) is 0 Å². The molecular formula is C15H27N. The van der Waals surface area contributed by atoms with Gasteiger partial charge in [-0.2, -0.15) is 0 Å². The lowest BCUT2D eigenvalue weighted by Crippen LogP contribution is -2.33. The van der Waals surface area contributed by atoms with Crippen molar-refractivity contribution in [3.05, 3.63) is 0 Å². The molecule has 0 aliphatic heterocycles. The zero-order valence-corrected chi connectivity index (χ0v) is 10.8. The van der Waals surface area contributed by atoms with Crippen molar-refractivity contribution in [2.24, 2.45) is 23.7 Å². The summed E-state index contributed by atoms with van der Waals surface area (Å²) in [6.45, 7) is 0. The maximum Gasteiger partial charge on any atom is 0.00694 e. The third kappa shape index (κ3) is 2.16.